The summed E-state index contributed by atoms with van der Waals surface area (Å²) in [5.74, 6) is -1.56. The predicted molar refractivity (Wildman–Crippen MR) is 99.7 cm³/mol. The molecule has 0 aliphatic carbocycles. The molecular formula is C20H17F3N4O. The molecule has 2 aromatic carbocycles. The third-order valence-corrected chi connectivity index (χ3v) is 4.60. The second-order valence-corrected chi connectivity index (χ2v) is 6.47. The topological polar surface area (TPSA) is 62.7 Å². The van der Waals surface area contributed by atoms with Crippen molar-refractivity contribution in [2.24, 2.45) is 0 Å². The van der Waals surface area contributed by atoms with Crippen molar-refractivity contribution >= 4 is 27.8 Å². The highest BCUT2D eigenvalue weighted by molar-refractivity contribution is 5.83. The van der Waals surface area contributed by atoms with Gasteiger partial charge < -0.3 is 14.9 Å². The molecule has 2 N–H and O–H groups in total. The number of hydrogen-bond acceptors (Lipinski definition) is 2. The van der Waals surface area contributed by atoms with Crippen molar-refractivity contribution in [3.8, 4) is 0 Å². The fourth-order valence-electron chi connectivity index (χ4n) is 3.33. The van der Waals surface area contributed by atoms with Crippen molar-refractivity contribution in [3.63, 3.8) is 0 Å². The SMILES string of the molecule is O=C(Cn1c(C(F)(F)F)nc2ccccc21)NCCc1c[nH]c2ccccc12. The molecule has 4 aromatic rings. The maximum Gasteiger partial charge on any atom is 0.449 e. The van der Waals surface area contributed by atoms with Crippen LogP contribution >= 0.6 is 0 Å². The van der Waals surface area contributed by atoms with E-state index in [0.717, 1.165) is 21.0 Å². The van der Waals surface area contributed by atoms with E-state index in [2.05, 4.69) is 15.3 Å². The van der Waals surface area contributed by atoms with E-state index in [-0.39, 0.29) is 11.0 Å². The van der Waals surface area contributed by atoms with Crippen LogP contribution in [0.2, 0.25) is 0 Å². The first-order valence-electron chi connectivity index (χ1n) is 8.77. The largest absolute Gasteiger partial charge is 0.449 e. The minimum Gasteiger partial charge on any atom is -0.361 e. The van der Waals surface area contributed by atoms with Crippen LogP contribution < -0.4 is 5.32 Å². The summed E-state index contributed by atoms with van der Waals surface area (Å²) in [5, 5.41) is 3.76. The Bertz CT molecular complexity index is 1140. The number of halogens is 3. The van der Waals surface area contributed by atoms with Gasteiger partial charge in [-0.25, -0.2) is 4.98 Å². The van der Waals surface area contributed by atoms with Gasteiger partial charge in [0.25, 0.3) is 0 Å². The fourth-order valence-corrected chi connectivity index (χ4v) is 3.33. The number of alkyl halides is 3. The van der Waals surface area contributed by atoms with Gasteiger partial charge in [0.05, 0.1) is 11.0 Å². The van der Waals surface area contributed by atoms with E-state index in [9.17, 15) is 18.0 Å². The minimum atomic E-state index is -4.64. The van der Waals surface area contributed by atoms with Crippen LogP contribution in [-0.2, 0) is 23.9 Å². The molecule has 0 saturated heterocycles. The van der Waals surface area contributed by atoms with Gasteiger partial charge in [-0.1, -0.05) is 30.3 Å². The molecule has 0 bridgehead atoms. The number of fused-ring (bicyclic) bond motifs is 2. The monoisotopic (exact) mass is 386 g/mol. The zero-order chi connectivity index (χ0) is 19.7. The molecule has 0 aliphatic heterocycles. The lowest BCUT2D eigenvalue weighted by Gasteiger charge is -2.11. The number of hydrogen-bond donors (Lipinski definition) is 2. The first-order valence-corrected chi connectivity index (χ1v) is 8.77. The molecule has 0 aliphatic rings. The fraction of sp³-hybridized carbons (Fsp3) is 0.200. The van der Waals surface area contributed by atoms with E-state index in [1.165, 1.54) is 12.1 Å². The lowest BCUT2D eigenvalue weighted by Crippen LogP contribution is -2.30. The smallest absolute Gasteiger partial charge is 0.361 e. The van der Waals surface area contributed by atoms with Gasteiger partial charge in [0.1, 0.15) is 6.54 Å². The van der Waals surface area contributed by atoms with Crippen LogP contribution in [0.25, 0.3) is 21.9 Å². The van der Waals surface area contributed by atoms with Crippen molar-refractivity contribution in [2.45, 2.75) is 19.1 Å². The molecule has 1 amide bonds. The molecule has 28 heavy (non-hydrogen) atoms. The molecule has 0 fully saturated rings. The number of benzene rings is 2. The number of H-pyrrole nitrogens is 1. The average Bonchev–Trinajstić information content (AvgIpc) is 3.24. The lowest BCUT2D eigenvalue weighted by molar-refractivity contribution is -0.147. The second-order valence-electron chi connectivity index (χ2n) is 6.47. The Labute approximate surface area is 158 Å². The molecule has 0 radical (unpaired) electrons. The van der Waals surface area contributed by atoms with Crippen molar-refractivity contribution in [1.82, 2.24) is 19.9 Å². The Kier molecular flexibility index (Phi) is 4.54. The number of nitrogens with one attached hydrogen (secondary N) is 2. The first kappa shape index (κ1) is 18.1. The molecule has 5 nitrogen and oxygen atoms in total. The third kappa shape index (κ3) is 3.45. The molecule has 0 unspecified atom stereocenters. The van der Waals surface area contributed by atoms with Gasteiger partial charge in [0.15, 0.2) is 0 Å². The van der Waals surface area contributed by atoms with Crippen molar-refractivity contribution in [2.75, 3.05) is 6.54 Å². The summed E-state index contributed by atoms with van der Waals surface area (Å²) in [6.07, 6.45) is -2.18. The number of para-hydroxylation sites is 3. The molecule has 0 spiro atoms. The summed E-state index contributed by atoms with van der Waals surface area (Å²) in [5.41, 5.74) is 2.53. The standard InChI is InChI=1S/C20H17F3N4O/c21-20(22,23)19-26-16-7-3-4-8-17(16)27(19)12-18(28)24-10-9-13-11-25-15-6-2-1-5-14(13)15/h1-8,11,25H,9-10,12H2,(H,24,28). The molecule has 2 aromatic heterocycles. The van der Waals surface area contributed by atoms with Crippen LogP contribution in [-0.4, -0.2) is 27.0 Å². The Balaban J connectivity index is 1.47. The lowest BCUT2D eigenvalue weighted by atomic mass is 10.1. The zero-order valence-corrected chi connectivity index (χ0v) is 14.8. The molecule has 8 heteroatoms. The second kappa shape index (κ2) is 7.03. The third-order valence-electron chi connectivity index (χ3n) is 4.60. The van der Waals surface area contributed by atoms with Crippen LogP contribution in [0, 0.1) is 0 Å². The number of carbonyl (C=O) groups excluding carboxylic acids is 1. The molecule has 0 saturated carbocycles. The zero-order valence-electron chi connectivity index (χ0n) is 14.8. The summed E-state index contributed by atoms with van der Waals surface area (Å²) >= 11 is 0. The van der Waals surface area contributed by atoms with Gasteiger partial charge in [0.2, 0.25) is 11.7 Å². The normalized spacial score (nSPS) is 12.0. The van der Waals surface area contributed by atoms with Crippen LogP contribution in [0.4, 0.5) is 13.2 Å². The van der Waals surface area contributed by atoms with Crippen molar-refractivity contribution in [3.05, 3.63) is 66.1 Å². The highest BCUT2D eigenvalue weighted by Gasteiger charge is 2.37. The van der Waals surface area contributed by atoms with Gasteiger partial charge in [-0.3, -0.25) is 4.79 Å². The number of aromatic amines is 1. The Morgan fingerprint density at radius 3 is 2.68 bits per heavy atom. The summed E-state index contributed by atoms with van der Waals surface area (Å²) in [6.45, 7) is -0.113. The van der Waals surface area contributed by atoms with E-state index in [1.54, 1.807) is 12.1 Å². The first-order chi connectivity index (χ1) is 13.4. The van der Waals surface area contributed by atoms with Crippen LogP contribution in [0.1, 0.15) is 11.4 Å². The van der Waals surface area contributed by atoms with Crippen LogP contribution in [0.3, 0.4) is 0 Å². The van der Waals surface area contributed by atoms with Crippen LogP contribution in [0.15, 0.2) is 54.7 Å². The summed E-state index contributed by atoms with van der Waals surface area (Å²) in [6, 6.07) is 14.1. The van der Waals surface area contributed by atoms with Crippen LogP contribution in [0.5, 0.6) is 0 Å². The van der Waals surface area contributed by atoms with E-state index in [4.69, 9.17) is 0 Å². The molecule has 0 atom stereocenters. The number of carbonyl (C=O) groups is 1. The van der Waals surface area contributed by atoms with Gasteiger partial charge in [-0.05, 0) is 30.2 Å². The Hall–Kier alpha value is -3.29. The van der Waals surface area contributed by atoms with E-state index < -0.39 is 24.5 Å². The van der Waals surface area contributed by atoms with E-state index >= 15 is 0 Å². The number of aromatic nitrogens is 3. The van der Waals surface area contributed by atoms with E-state index in [1.807, 2.05) is 30.5 Å². The molecule has 144 valence electrons. The Morgan fingerprint density at radius 2 is 1.86 bits per heavy atom. The quantitative estimate of drug-likeness (QED) is 0.547. The van der Waals surface area contributed by atoms with Crippen molar-refractivity contribution in [1.29, 1.82) is 0 Å². The number of imidazole rings is 1. The maximum atomic E-state index is 13.3. The number of rotatable bonds is 5. The van der Waals surface area contributed by atoms with Gasteiger partial charge >= 0.3 is 6.18 Å². The predicted octanol–water partition coefficient (Wildman–Crippen LogP) is 3.90. The van der Waals surface area contributed by atoms with E-state index in [0.29, 0.717) is 13.0 Å². The van der Waals surface area contributed by atoms with Gasteiger partial charge in [-0.15, -0.1) is 0 Å². The maximum absolute atomic E-state index is 13.3. The van der Waals surface area contributed by atoms with Gasteiger partial charge in [-0.2, -0.15) is 13.2 Å². The minimum absolute atomic E-state index is 0.210. The molecular weight excluding hydrogens is 369 g/mol. The molecule has 2 heterocycles. The highest BCUT2D eigenvalue weighted by Crippen LogP contribution is 2.31. The Morgan fingerprint density at radius 1 is 1.11 bits per heavy atom. The number of amides is 1. The molecule has 4 rings (SSSR count). The summed E-state index contributed by atoms with van der Waals surface area (Å²) < 4.78 is 40.8. The summed E-state index contributed by atoms with van der Waals surface area (Å²) in [4.78, 5) is 19.1. The van der Waals surface area contributed by atoms with Crippen molar-refractivity contribution < 1.29 is 18.0 Å². The summed E-state index contributed by atoms with van der Waals surface area (Å²) in [7, 11) is 0. The highest BCUT2D eigenvalue weighted by atomic mass is 19.4. The number of nitrogens with zero attached hydrogens (tertiary/aromatic N) is 2. The average molecular weight is 386 g/mol. The van der Waals surface area contributed by atoms with Gasteiger partial charge in [0, 0.05) is 23.6 Å².